The first-order valence-electron chi connectivity index (χ1n) is 8.84. The van der Waals surface area contributed by atoms with Crippen LogP contribution in [-0.2, 0) is 6.54 Å². The van der Waals surface area contributed by atoms with Crippen molar-refractivity contribution in [2.45, 2.75) is 50.6 Å². The van der Waals surface area contributed by atoms with E-state index in [1.54, 1.807) is 0 Å². The van der Waals surface area contributed by atoms with Gasteiger partial charge in [-0.2, -0.15) is 0 Å². The third-order valence-electron chi connectivity index (χ3n) is 5.28. The number of hydrogen-bond acceptors (Lipinski definition) is 5. The fourth-order valence-corrected chi connectivity index (χ4v) is 3.59. The molecule has 2 saturated carbocycles. The third-order valence-corrected chi connectivity index (χ3v) is 5.28. The monoisotopic (exact) mass is 305 g/mol. The molecule has 22 heavy (non-hydrogen) atoms. The van der Waals surface area contributed by atoms with E-state index in [1.165, 1.54) is 32.2 Å². The van der Waals surface area contributed by atoms with Crippen LogP contribution in [0.5, 0.6) is 0 Å². The minimum Gasteiger partial charge on any atom is -0.396 e. The summed E-state index contributed by atoms with van der Waals surface area (Å²) >= 11 is 0. The lowest BCUT2D eigenvalue weighted by Gasteiger charge is -2.41. The summed E-state index contributed by atoms with van der Waals surface area (Å²) in [5, 5.41) is 13.6. The molecule has 3 aliphatic rings. The quantitative estimate of drug-likeness (QED) is 0.833. The van der Waals surface area contributed by atoms with E-state index >= 15 is 0 Å². The summed E-state index contributed by atoms with van der Waals surface area (Å²) in [6.45, 7) is 5.66. The number of rotatable bonds is 7. The highest BCUT2D eigenvalue weighted by molar-refractivity contribution is 5.14. The Morgan fingerprint density at radius 1 is 1.23 bits per heavy atom. The Bertz CT molecular complexity index is 496. The molecule has 0 spiro atoms. The number of piperazine rings is 1. The molecule has 1 aliphatic heterocycles. The maximum Gasteiger partial charge on any atom is 0.140 e. The lowest BCUT2D eigenvalue weighted by Crippen LogP contribution is -2.53. The summed E-state index contributed by atoms with van der Waals surface area (Å²) in [6, 6.07) is 2.64. The highest BCUT2D eigenvalue weighted by Gasteiger charge is 2.32. The van der Waals surface area contributed by atoms with Gasteiger partial charge in [-0.3, -0.25) is 9.80 Å². The second-order valence-corrected chi connectivity index (χ2v) is 7.33. The molecule has 5 nitrogen and oxygen atoms in total. The zero-order valence-electron chi connectivity index (χ0n) is 13.3. The van der Waals surface area contributed by atoms with Crippen LogP contribution in [0.2, 0.25) is 0 Å². The molecule has 0 aromatic carbocycles. The Kier molecular flexibility index (Phi) is 4.20. The van der Waals surface area contributed by atoms with Crippen LogP contribution in [0, 0.1) is 5.92 Å². The molecule has 1 atom stereocenters. The topological polar surface area (TPSA) is 52.7 Å². The normalized spacial score (nSPS) is 27.4. The van der Waals surface area contributed by atoms with Gasteiger partial charge in [-0.15, -0.1) is 0 Å². The Labute approximate surface area is 132 Å². The minimum atomic E-state index is 0.287. The first kappa shape index (κ1) is 14.7. The maximum absolute atomic E-state index is 9.36. The van der Waals surface area contributed by atoms with Crippen molar-refractivity contribution in [2.75, 3.05) is 32.8 Å². The Hall–Kier alpha value is -0.910. The summed E-state index contributed by atoms with van der Waals surface area (Å²) in [4.78, 5) is 5.07. The van der Waals surface area contributed by atoms with E-state index in [2.05, 4.69) is 21.0 Å². The maximum atomic E-state index is 9.36. The molecule has 2 aliphatic carbocycles. The molecule has 2 heterocycles. The fourth-order valence-electron chi connectivity index (χ4n) is 3.59. The van der Waals surface area contributed by atoms with Crippen LogP contribution >= 0.6 is 0 Å². The van der Waals surface area contributed by atoms with Crippen molar-refractivity contribution in [3.63, 3.8) is 0 Å². The summed E-state index contributed by atoms with van der Waals surface area (Å²) in [5.74, 6) is 2.64. The summed E-state index contributed by atoms with van der Waals surface area (Å²) in [7, 11) is 0. The molecule has 0 radical (unpaired) electrons. The van der Waals surface area contributed by atoms with Gasteiger partial charge in [-0.05, 0) is 38.0 Å². The number of nitrogens with zero attached hydrogens (tertiary/aromatic N) is 3. The van der Waals surface area contributed by atoms with Crippen LogP contribution in [-0.4, -0.2) is 58.9 Å². The van der Waals surface area contributed by atoms with Crippen LogP contribution in [0.25, 0.3) is 0 Å². The molecule has 122 valence electrons. The van der Waals surface area contributed by atoms with Crippen molar-refractivity contribution in [3.05, 3.63) is 17.5 Å². The van der Waals surface area contributed by atoms with E-state index in [0.29, 0.717) is 12.0 Å². The number of aromatic nitrogens is 1. The van der Waals surface area contributed by atoms with Crippen molar-refractivity contribution in [3.8, 4) is 0 Å². The van der Waals surface area contributed by atoms with Crippen LogP contribution in [0.3, 0.4) is 0 Å². The smallest absolute Gasteiger partial charge is 0.140 e. The van der Waals surface area contributed by atoms with Gasteiger partial charge in [0.05, 0.1) is 5.69 Å². The van der Waals surface area contributed by atoms with E-state index in [4.69, 9.17) is 4.52 Å². The molecule has 1 aromatic heterocycles. The molecule has 1 N–H and O–H groups in total. The molecule has 1 aromatic rings. The van der Waals surface area contributed by atoms with Gasteiger partial charge in [0.1, 0.15) is 5.76 Å². The average Bonchev–Trinajstić information content (AvgIpc) is 3.43. The molecule has 1 saturated heterocycles. The summed E-state index contributed by atoms with van der Waals surface area (Å²) in [5.41, 5.74) is 1.07. The molecule has 0 amide bonds. The third kappa shape index (κ3) is 3.53. The number of aliphatic hydroxyl groups excluding tert-OH is 1. The number of hydrogen-bond donors (Lipinski definition) is 1. The van der Waals surface area contributed by atoms with Crippen molar-refractivity contribution in [2.24, 2.45) is 5.92 Å². The van der Waals surface area contributed by atoms with Gasteiger partial charge in [0.15, 0.2) is 0 Å². The van der Waals surface area contributed by atoms with Gasteiger partial charge in [-0.1, -0.05) is 5.16 Å². The zero-order chi connectivity index (χ0) is 14.9. The van der Waals surface area contributed by atoms with Crippen molar-refractivity contribution < 1.29 is 9.63 Å². The standard InChI is InChI=1S/C17H27N3O2/c21-8-5-16-12-19(6-7-20(16)10-13-1-2-13)11-15-9-17(22-18-15)14-3-4-14/h9,13-14,16,21H,1-8,10-12H2/t16-/m0/s1. The molecular weight excluding hydrogens is 278 g/mol. The summed E-state index contributed by atoms with van der Waals surface area (Å²) < 4.78 is 5.46. The van der Waals surface area contributed by atoms with Crippen LogP contribution < -0.4 is 0 Å². The highest BCUT2D eigenvalue weighted by Crippen LogP contribution is 2.40. The largest absolute Gasteiger partial charge is 0.396 e. The molecular formula is C17H27N3O2. The molecule has 5 heteroatoms. The van der Waals surface area contributed by atoms with Crippen molar-refractivity contribution in [1.82, 2.24) is 15.0 Å². The van der Waals surface area contributed by atoms with Crippen LogP contribution in [0.15, 0.2) is 10.6 Å². The molecule has 0 bridgehead atoms. The van der Waals surface area contributed by atoms with E-state index in [9.17, 15) is 5.11 Å². The van der Waals surface area contributed by atoms with Crippen molar-refractivity contribution in [1.29, 1.82) is 0 Å². The first-order valence-corrected chi connectivity index (χ1v) is 8.84. The lowest BCUT2D eigenvalue weighted by atomic mass is 10.1. The van der Waals surface area contributed by atoms with Gasteiger partial charge >= 0.3 is 0 Å². The Morgan fingerprint density at radius 3 is 2.82 bits per heavy atom. The lowest BCUT2D eigenvalue weighted by molar-refractivity contribution is 0.0511. The van der Waals surface area contributed by atoms with E-state index < -0.39 is 0 Å². The highest BCUT2D eigenvalue weighted by atomic mass is 16.5. The fraction of sp³-hybridized carbons (Fsp3) is 0.824. The van der Waals surface area contributed by atoms with Gasteiger partial charge in [0.25, 0.3) is 0 Å². The first-order chi connectivity index (χ1) is 10.8. The zero-order valence-corrected chi connectivity index (χ0v) is 13.3. The van der Waals surface area contributed by atoms with E-state index in [1.807, 2.05) is 0 Å². The molecule has 3 fully saturated rings. The predicted molar refractivity (Wildman–Crippen MR) is 83.5 cm³/mol. The van der Waals surface area contributed by atoms with Gasteiger partial charge in [-0.25, -0.2) is 0 Å². The van der Waals surface area contributed by atoms with E-state index in [-0.39, 0.29) is 6.61 Å². The number of aliphatic hydroxyl groups is 1. The molecule has 4 rings (SSSR count). The van der Waals surface area contributed by atoms with Gasteiger partial charge < -0.3 is 9.63 Å². The SMILES string of the molecule is OCC[C@H]1CN(Cc2cc(C3CC3)on2)CCN1CC1CC1. The summed E-state index contributed by atoms with van der Waals surface area (Å²) in [6.07, 6.45) is 6.19. The van der Waals surface area contributed by atoms with E-state index in [0.717, 1.165) is 50.0 Å². The van der Waals surface area contributed by atoms with Gasteiger partial charge in [0.2, 0.25) is 0 Å². The predicted octanol–water partition coefficient (Wildman–Crippen LogP) is 1.83. The average molecular weight is 305 g/mol. The minimum absolute atomic E-state index is 0.287. The Balaban J connectivity index is 1.33. The second-order valence-electron chi connectivity index (χ2n) is 7.33. The molecule has 0 unspecified atom stereocenters. The van der Waals surface area contributed by atoms with Crippen molar-refractivity contribution >= 4 is 0 Å². The van der Waals surface area contributed by atoms with Crippen LogP contribution in [0.4, 0.5) is 0 Å². The second kappa shape index (κ2) is 6.30. The van der Waals surface area contributed by atoms with Gasteiger partial charge in [0, 0.05) is 57.4 Å². The van der Waals surface area contributed by atoms with Crippen LogP contribution in [0.1, 0.15) is 49.5 Å². The Morgan fingerprint density at radius 2 is 2.09 bits per heavy atom.